The molecule has 762 valence electrons. The van der Waals surface area contributed by atoms with Crippen LogP contribution in [0.5, 0.6) is 46.5 Å². The molecule has 144 heavy (non-hydrogen) atoms. The van der Waals surface area contributed by atoms with Crippen molar-refractivity contribution in [1.82, 2.24) is 89.6 Å². The Morgan fingerprint density at radius 2 is 0.701 bits per heavy atom. The number of morpholine rings is 2. The second-order valence-corrected chi connectivity index (χ2v) is 36.1. The summed E-state index contributed by atoms with van der Waals surface area (Å²) < 4.78 is 34.7. The Balaban J connectivity index is 0.000000138. The molecule has 8 bridgehead atoms. The SMILES string of the molecule is CN1CCCCCC(=O)N(C)CCCNc2ncnc3[nH]c(O)c(c23)C=Nc2ccc(N3CCOCC3)c(c2)C1.CN1CCCNc2ncnc3[nH]c(O)c(c23)C=Nc2ccc(N3CCOCC3)c(c2)OCCCC1=O.CN1CCN(c2ccc3cc2OCCCCC(=O)N(C)CCNc2ncnc4[nH]c(O)c(c24)C=N3)CC1.COc1ccc2cc1OCCCC(=O)NCCCNc1ncnc3[nH]c(O)c(c13)C=N2. The van der Waals surface area contributed by atoms with Gasteiger partial charge in [0.15, 0.2) is 35.0 Å². The van der Waals surface area contributed by atoms with Crippen LogP contribution in [0.1, 0.15) is 118 Å². The number of aromatic hydroxyl groups is 4. The first kappa shape index (κ1) is 102. The van der Waals surface area contributed by atoms with Gasteiger partial charge in [0.25, 0.3) is 0 Å². The number of hydrogen-bond acceptors (Lipinski definition) is 35. The molecule has 3 saturated heterocycles. The van der Waals surface area contributed by atoms with E-state index >= 15 is 0 Å². The van der Waals surface area contributed by atoms with Gasteiger partial charge in [0.2, 0.25) is 23.6 Å². The number of likely N-dealkylation sites (N-methyl/N-ethyl adjacent to an activating group) is 2. The highest BCUT2D eigenvalue weighted by molar-refractivity contribution is 6.09. The van der Waals surface area contributed by atoms with E-state index in [2.05, 4.69) is 158 Å². The Labute approximate surface area is 833 Å². The standard InChI is InChI=1S/C29H40N8O3.C26H34N8O3.C25H31N7O4.C21H24N6O4/c1-35-11-5-3-4-7-25(38)36(2)12-6-10-30-27-26-23(29(39)34-28(26)33-20-32-27)18-31-22-8-9-24(21(17-22)19-35)37-13-15-40-16-14-37;1-32-10-12-34(13-11-32)20-7-6-18-15-21(20)37-14-4-3-5-22(35)33(2)9-8-27-24-23-19(16-28-18)26(36)31-25(23)30-17-29-24;1-31-8-3-7-26-23-22-18(25(34)30-24(22)29-16-28-23)15-27-17-5-6-19(32-9-12-35-13-10-32)20(14-17)36-11-2-4-21(31)33;1-30-15-6-5-13-10-16(15)31-9-2-4-17(28)22-7-3-8-23-19-18-14(11-24-13)21(29)27-20(18)26-12-25-19/h8-9,17-18,20,39H,3-7,10-16,19H2,1-2H3,(H2,30,32,33,34);6-7,15-17,36H,3-5,8-14H2,1-2H3,(H2,27,29,30,31);5-6,14-16,34H,2-4,7-13H2,1H3,(H2,26,28,29,30);5-6,10-12,29H,2-4,7-9H2,1H3,(H,22,28)(H2,23,25,26,27). The number of hydrogen-bond donors (Lipinski definition) is 13. The molecule has 0 spiro atoms. The Hall–Kier alpha value is -15.2. The fourth-order valence-electron chi connectivity index (χ4n) is 17.8. The molecule has 7 aliphatic rings. The fourth-order valence-corrected chi connectivity index (χ4v) is 17.8. The van der Waals surface area contributed by atoms with E-state index < -0.39 is 0 Å². The number of nitrogens with one attached hydrogen (secondary N) is 9. The molecule has 0 aliphatic carbocycles. The monoisotopic (exact) mass is 1970 g/mol. The molecule has 15 heterocycles. The van der Waals surface area contributed by atoms with E-state index in [9.17, 15) is 39.6 Å². The molecule has 0 radical (unpaired) electrons. The van der Waals surface area contributed by atoms with Gasteiger partial charge in [-0.3, -0.25) is 39.1 Å². The van der Waals surface area contributed by atoms with Crippen LogP contribution in [-0.2, 0) is 35.2 Å². The van der Waals surface area contributed by atoms with Gasteiger partial charge in [0, 0.05) is 207 Å². The number of amides is 4. The molecular formula is C101H129N29O14. The number of ether oxygens (including phenoxy) is 6. The van der Waals surface area contributed by atoms with Crippen molar-refractivity contribution in [2.75, 3.05) is 236 Å². The summed E-state index contributed by atoms with van der Waals surface area (Å²) in [6.45, 7) is 17.7. The minimum absolute atomic E-state index is 0.00378. The highest BCUT2D eigenvalue weighted by Crippen LogP contribution is 2.41. The molecule has 0 unspecified atom stereocenters. The van der Waals surface area contributed by atoms with Crippen molar-refractivity contribution in [3.63, 3.8) is 0 Å². The number of benzene rings is 4. The van der Waals surface area contributed by atoms with Crippen molar-refractivity contribution in [2.45, 2.75) is 96.4 Å². The lowest BCUT2D eigenvalue weighted by atomic mass is 10.1. The number of carbonyl (C=O) groups excluding carboxylic acids is 4. The molecule has 0 saturated carbocycles. The van der Waals surface area contributed by atoms with Crippen molar-refractivity contribution < 1.29 is 68.0 Å². The number of rotatable bonds is 4. The summed E-state index contributed by atoms with van der Waals surface area (Å²) in [6.07, 6.45) is 22.1. The number of aliphatic imine (C=N–C) groups is 4. The van der Waals surface area contributed by atoms with Crippen LogP contribution in [0.3, 0.4) is 0 Å². The lowest BCUT2D eigenvalue weighted by molar-refractivity contribution is -0.130. The summed E-state index contributed by atoms with van der Waals surface area (Å²) in [4.78, 5) is 131. The van der Waals surface area contributed by atoms with Crippen LogP contribution in [0.15, 0.2) is 118 Å². The van der Waals surface area contributed by atoms with Crippen LogP contribution in [0.4, 0.5) is 63.1 Å². The zero-order chi connectivity index (χ0) is 100. The molecule has 19 rings (SSSR count). The molecule has 13 N–H and O–H groups in total. The maximum absolute atomic E-state index is 12.6. The predicted octanol–water partition coefficient (Wildman–Crippen LogP) is 11.3. The number of fused-ring (bicyclic) bond motifs is 8. The number of nitrogens with zero attached hydrogens (tertiary/aromatic N) is 20. The highest BCUT2D eigenvalue weighted by Gasteiger charge is 2.27. The van der Waals surface area contributed by atoms with Crippen LogP contribution >= 0.6 is 0 Å². The van der Waals surface area contributed by atoms with Gasteiger partial charge in [-0.2, -0.15) is 0 Å². The average molecular weight is 1970 g/mol. The number of methoxy groups -OCH3 is 1. The number of aromatic nitrogens is 12. The highest BCUT2D eigenvalue weighted by atomic mass is 16.5. The number of piperazine rings is 1. The van der Waals surface area contributed by atoms with E-state index in [1.807, 2.05) is 62.4 Å². The molecule has 0 atom stereocenters. The maximum Gasteiger partial charge on any atom is 0.222 e. The van der Waals surface area contributed by atoms with Gasteiger partial charge in [0.05, 0.1) is 131 Å². The normalized spacial score (nSPS) is 17.7. The molecule has 4 aromatic carbocycles. The largest absolute Gasteiger partial charge is 0.494 e. The van der Waals surface area contributed by atoms with Crippen molar-refractivity contribution in [3.8, 4) is 46.5 Å². The minimum Gasteiger partial charge on any atom is -0.494 e. The summed E-state index contributed by atoms with van der Waals surface area (Å²) in [6, 6.07) is 23.4. The zero-order valence-corrected chi connectivity index (χ0v) is 82.4. The van der Waals surface area contributed by atoms with Gasteiger partial charge in [-0.05, 0) is 139 Å². The second-order valence-electron chi connectivity index (χ2n) is 36.1. The number of H-pyrrole nitrogens is 4. The van der Waals surface area contributed by atoms with Gasteiger partial charge >= 0.3 is 0 Å². The maximum atomic E-state index is 12.6. The second kappa shape index (κ2) is 49.9. The third kappa shape index (κ3) is 26.6. The van der Waals surface area contributed by atoms with Gasteiger partial charge in [-0.15, -0.1) is 0 Å². The molecule has 4 amide bonds. The van der Waals surface area contributed by atoms with E-state index in [1.165, 1.54) is 36.6 Å². The lowest BCUT2D eigenvalue weighted by Gasteiger charge is -2.35. The van der Waals surface area contributed by atoms with Crippen LogP contribution in [-0.4, -0.2) is 353 Å². The molecule has 43 nitrogen and oxygen atoms in total. The molecule has 8 aromatic heterocycles. The van der Waals surface area contributed by atoms with Gasteiger partial charge in [-0.25, -0.2) is 39.9 Å². The first-order chi connectivity index (χ1) is 70.2. The first-order valence-electron chi connectivity index (χ1n) is 49.3. The smallest absolute Gasteiger partial charge is 0.222 e. The van der Waals surface area contributed by atoms with Crippen LogP contribution < -0.4 is 60.2 Å². The van der Waals surface area contributed by atoms with Gasteiger partial charge < -0.3 is 135 Å². The topological polar surface area (TPSA) is 506 Å². The molecule has 12 aromatic rings. The van der Waals surface area contributed by atoms with Crippen molar-refractivity contribution in [1.29, 1.82) is 0 Å². The fraction of sp³-hybridized carbons (Fsp3) is 0.446. The summed E-state index contributed by atoms with van der Waals surface area (Å²) in [7, 11) is 11.3. The van der Waals surface area contributed by atoms with E-state index in [1.54, 1.807) is 60.0 Å². The molecule has 7 aliphatic heterocycles. The van der Waals surface area contributed by atoms with Crippen molar-refractivity contribution in [3.05, 3.63) is 126 Å². The van der Waals surface area contributed by atoms with Crippen LogP contribution in [0.2, 0.25) is 0 Å². The Kier molecular flexibility index (Phi) is 35.3. The number of aromatic amines is 4. The first-order valence-corrected chi connectivity index (χ1v) is 49.3. The van der Waals surface area contributed by atoms with Gasteiger partial charge in [0.1, 0.15) is 82.7 Å². The Morgan fingerprint density at radius 1 is 0.326 bits per heavy atom. The Morgan fingerprint density at radius 3 is 1.17 bits per heavy atom. The summed E-state index contributed by atoms with van der Waals surface area (Å²) in [5, 5.41) is 61.0. The summed E-state index contributed by atoms with van der Waals surface area (Å²) >= 11 is 0. The molecule has 3 fully saturated rings. The van der Waals surface area contributed by atoms with Crippen LogP contribution in [0.25, 0.3) is 44.1 Å². The van der Waals surface area contributed by atoms with Gasteiger partial charge in [-0.1, -0.05) is 6.42 Å². The quantitative estimate of drug-likeness (QED) is 0.0778. The summed E-state index contributed by atoms with van der Waals surface area (Å²) in [5.41, 5.74) is 11.3. The molecular weight excluding hydrogens is 1840 g/mol. The molecule has 43 heteroatoms. The van der Waals surface area contributed by atoms with Crippen LogP contribution in [0, 0.1) is 0 Å². The van der Waals surface area contributed by atoms with E-state index in [0.717, 1.165) is 153 Å². The predicted molar refractivity (Wildman–Crippen MR) is 557 cm³/mol. The third-order valence-corrected chi connectivity index (χ3v) is 25.9. The van der Waals surface area contributed by atoms with E-state index in [-0.39, 0.29) is 47.1 Å². The zero-order valence-electron chi connectivity index (χ0n) is 82.4. The minimum atomic E-state index is -0.0473. The van der Waals surface area contributed by atoms with Crippen molar-refractivity contribution >= 4 is 156 Å². The third-order valence-electron chi connectivity index (χ3n) is 25.9. The van der Waals surface area contributed by atoms with E-state index in [4.69, 9.17) is 33.4 Å². The number of carbonyl (C=O) groups is 4. The lowest BCUT2D eigenvalue weighted by Crippen LogP contribution is -2.44. The Bertz CT molecular complexity index is 6520. The van der Waals surface area contributed by atoms with Crippen molar-refractivity contribution in [2.24, 2.45) is 20.0 Å². The average Bonchev–Trinajstić information content (AvgIpc) is 1.65. The summed E-state index contributed by atoms with van der Waals surface area (Å²) in [5.74, 6) is 5.21. The van der Waals surface area contributed by atoms with E-state index in [0.29, 0.717) is 248 Å². The number of anilines is 7.